The summed E-state index contributed by atoms with van der Waals surface area (Å²) < 4.78 is 17.7. The van der Waals surface area contributed by atoms with Gasteiger partial charge in [-0.1, -0.05) is 29.3 Å². The van der Waals surface area contributed by atoms with Crippen LogP contribution >= 0.6 is 23.2 Å². The van der Waals surface area contributed by atoms with Crippen LogP contribution in [0.3, 0.4) is 0 Å². The fourth-order valence-electron chi connectivity index (χ4n) is 1.75. The Morgan fingerprint density at radius 3 is 2.65 bits per heavy atom. The molecule has 0 saturated heterocycles. The van der Waals surface area contributed by atoms with Crippen LogP contribution in [0.2, 0.25) is 10.0 Å². The van der Waals surface area contributed by atoms with Gasteiger partial charge in [-0.2, -0.15) is 0 Å². The van der Waals surface area contributed by atoms with Gasteiger partial charge in [0.15, 0.2) is 0 Å². The predicted molar refractivity (Wildman–Crippen MR) is 84.0 cm³/mol. The molecule has 0 radical (unpaired) electrons. The molecule has 0 heterocycles. The number of halogens is 2. The van der Waals surface area contributed by atoms with Gasteiger partial charge in [0, 0.05) is 22.3 Å². The van der Waals surface area contributed by atoms with Gasteiger partial charge in [0.25, 0.3) is 0 Å². The van der Waals surface area contributed by atoms with E-state index < -0.39 is 10.8 Å². The summed E-state index contributed by atoms with van der Waals surface area (Å²) in [7, 11) is 0.237. The zero-order valence-corrected chi connectivity index (χ0v) is 13.1. The molecule has 1 unspecified atom stereocenters. The molecule has 0 saturated carbocycles. The molecule has 2 N–H and O–H groups in total. The normalized spacial score (nSPS) is 12.2. The first-order chi connectivity index (χ1) is 9.51. The van der Waals surface area contributed by atoms with Crippen molar-refractivity contribution in [1.82, 2.24) is 0 Å². The molecule has 0 aliphatic carbocycles. The quantitative estimate of drug-likeness (QED) is 0.865. The summed E-state index contributed by atoms with van der Waals surface area (Å²) in [5.74, 6) is 0.889. The molecule has 20 heavy (non-hydrogen) atoms. The second-order valence-electron chi connectivity index (χ2n) is 4.14. The van der Waals surface area contributed by atoms with Gasteiger partial charge in [0.1, 0.15) is 5.75 Å². The number of nitrogens with two attached hydrogens (primary N) is 1. The number of rotatable bonds is 4. The van der Waals surface area contributed by atoms with E-state index in [0.717, 1.165) is 5.56 Å². The average Bonchev–Trinajstić information content (AvgIpc) is 2.43. The van der Waals surface area contributed by atoms with Crippen LogP contribution < -0.4 is 10.5 Å². The lowest BCUT2D eigenvalue weighted by Gasteiger charge is -2.10. The molecule has 2 aromatic carbocycles. The standard InChI is InChI=1S/C14H13Cl2NO2S/c1-19-13-7-11(17)4-2-9(13)8-20(18)14-6-10(15)3-5-12(14)16/h2-7H,8,17H2,1H3. The van der Waals surface area contributed by atoms with Gasteiger partial charge in [-0.15, -0.1) is 0 Å². The summed E-state index contributed by atoms with van der Waals surface area (Å²) in [5, 5.41) is 0.934. The van der Waals surface area contributed by atoms with Gasteiger partial charge in [0.2, 0.25) is 0 Å². The third-order valence-corrected chi connectivity index (χ3v) is 4.81. The largest absolute Gasteiger partial charge is 0.496 e. The molecule has 2 aromatic rings. The maximum absolute atomic E-state index is 12.4. The number of anilines is 1. The second kappa shape index (κ2) is 6.48. The van der Waals surface area contributed by atoms with E-state index >= 15 is 0 Å². The van der Waals surface area contributed by atoms with Crippen molar-refractivity contribution in [2.75, 3.05) is 12.8 Å². The SMILES string of the molecule is COc1cc(N)ccc1CS(=O)c1cc(Cl)ccc1Cl. The molecule has 3 nitrogen and oxygen atoms in total. The van der Waals surface area contributed by atoms with Crippen LogP contribution in [0.4, 0.5) is 5.69 Å². The van der Waals surface area contributed by atoms with E-state index in [4.69, 9.17) is 33.7 Å². The lowest BCUT2D eigenvalue weighted by Crippen LogP contribution is -2.01. The molecular formula is C14H13Cl2NO2S. The van der Waals surface area contributed by atoms with E-state index in [1.165, 1.54) is 0 Å². The van der Waals surface area contributed by atoms with Gasteiger partial charge >= 0.3 is 0 Å². The van der Waals surface area contributed by atoms with E-state index in [0.29, 0.717) is 26.4 Å². The van der Waals surface area contributed by atoms with E-state index in [2.05, 4.69) is 0 Å². The molecule has 0 aromatic heterocycles. The van der Waals surface area contributed by atoms with Gasteiger partial charge < -0.3 is 10.5 Å². The van der Waals surface area contributed by atoms with Gasteiger partial charge in [-0.3, -0.25) is 4.21 Å². The van der Waals surface area contributed by atoms with Crippen LogP contribution in [-0.4, -0.2) is 11.3 Å². The monoisotopic (exact) mass is 329 g/mol. The highest BCUT2D eigenvalue weighted by Gasteiger charge is 2.13. The summed E-state index contributed by atoms with van der Waals surface area (Å²) >= 11 is 12.0. The Kier molecular flexibility index (Phi) is 4.91. The van der Waals surface area contributed by atoms with Crippen molar-refractivity contribution in [3.05, 3.63) is 52.0 Å². The number of ether oxygens (including phenoxy) is 1. The number of methoxy groups -OCH3 is 1. The molecule has 0 aliphatic heterocycles. The van der Waals surface area contributed by atoms with E-state index in [1.54, 1.807) is 43.5 Å². The predicted octanol–water partition coefficient (Wildman–Crippen LogP) is 3.89. The highest BCUT2D eigenvalue weighted by Crippen LogP contribution is 2.28. The average molecular weight is 330 g/mol. The summed E-state index contributed by atoms with van der Waals surface area (Å²) in [5.41, 5.74) is 7.09. The molecule has 0 aliphatic rings. The number of hydrogen-bond acceptors (Lipinski definition) is 3. The van der Waals surface area contributed by atoms with Crippen LogP contribution in [0.15, 0.2) is 41.3 Å². The van der Waals surface area contributed by atoms with Gasteiger partial charge in [-0.05, 0) is 24.3 Å². The third-order valence-electron chi connectivity index (χ3n) is 2.74. The van der Waals surface area contributed by atoms with E-state index in [-0.39, 0.29) is 5.75 Å². The van der Waals surface area contributed by atoms with Crippen molar-refractivity contribution in [2.45, 2.75) is 10.6 Å². The zero-order chi connectivity index (χ0) is 14.7. The number of benzene rings is 2. The summed E-state index contributed by atoms with van der Waals surface area (Å²) in [6.07, 6.45) is 0. The highest BCUT2D eigenvalue weighted by atomic mass is 35.5. The third kappa shape index (κ3) is 3.45. The summed E-state index contributed by atoms with van der Waals surface area (Å²) in [4.78, 5) is 0.512. The Morgan fingerprint density at radius 2 is 1.95 bits per heavy atom. The Morgan fingerprint density at radius 1 is 1.20 bits per heavy atom. The molecule has 0 spiro atoms. The molecule has 0 bridgehead atoms. The van der Waals surface area contributed by atoms with Crippen LogP contribution in [-0.2, 0) is 16.6 Å². The lowest BCUT2D eigenvalue weighted by molar-refractivity contribution is 0.411. The maximum Gasteiger partial charge on any atom is 0.125 e. The van der Waals surface area contributed by atoms with Crippen LogP contribution in [0, 0.1) is 0 Å². The minimum Gasteiger partial charge on any atom is -0.496 e. The molecule has 0 amide bonds. The Balaban J connectivity index is 2.30. The van der Waals surface area contributed by atoms with Crippen molar-refractivity contribution < 1.29 is 8.95 Å². The zero-order valence-electron chi connectivity index (χ0n) is 10.7. The van der Waals surface area contributed by atoms with Crippen LogP contribution in [0.1, 0.15) is 5.56 Å². The first-order valence-corrected chi connectivity index (χ1v) is 7.84. The van der Waals surface area contributed by atoms with Gasteiger partial charge in [0.05, 0.1) is 33.6 Å². The first kappa shape index (κ1) is 15.2. The minimum absolute atomic E-state index is 0.281. The fraction of sp³-hybridized carbons (Fsp3) is 0.143. The maximum atomic E-state index is 12.4. The first-order valence-electron chi connectivity index (χ1n) is 5.77. The van der Waals surface area contributed by atoms with Crippen LogP contribution in [0.5, 0.6) is 5.75 Å². The molecule has 106 valence electrons. The van der Waals surface area contributed by atoms with E-state index in [1.807, 2.05) is 0 Å². The molecule has 2 rings (SSSR count). The highest BCUT2D eigenvalue weighted by molar-refractivity contribution is 7.84. The van der Waals surface area contributed by atoms with Crippen LogP contribution in [0.25, 0.3) is 0 Å². The van der Waals surface area contributed by atoms with Gasteiger partial charge in [-0.25, -0.2) is 0 Å². The minimum atomic E-state index is -1.31. The molecular weight excluding hydrogens is 317 g/mol. The van der Waals surface area contributed by atoms with Crippen molar-refractivity contribution in [2.24, 2.45) is 0 Å². The lowest BCUT2D eigenvalue weighted by atomic mass is 10.2. The molecule has 0 fully saturated rings. The summed E-state index contributed by atoms with van der Waals surface area (Å²) in [6.45, 7) is 0. The van der Waals surface area contributed by atoms with Crippen molar-refractivity contribution in [3.8, 4) is 5.75 Å². The molecule has 6 heteroatoms. The van der Waals surface area contributed by atoms with Crippen molar-refractivity contribution in [3.63, 3.8) is 0 Å². The second-order valence-corrected chi connectivity index (χ2v) is 6.40. The van der Waals surface area contributed by atoms with Crippen molar-refractivity contribution in [1.29, 1.82) is 0 Å². The van der Waals surface area contributed by atoms with Crippen molar-refractivity contribution >= 4 is 39.7 Å². The Labute approximate surface area is 130 Å². The topological polar surface area (TPSA) is 52.3 Å². The molecule has 1 atom stereocenters. The fourth-order valence-corrected chi connectivity index (χ4v) is 3.58. The smallest absolute Gasteiger partial charge is 0.125 e. The number of hydrogen-bond donors (Lipinski definition) is 1. The Bertz CT molecular complexity index is 662. The van der Waals surface area contributed by atoms with E-state index in [9.17, 15) is 4.21 Å². The Hall–Kier alpha value is -1.23. The number of nitrogen functional groups attached to an aromatic ring is 1. The summed E-state index contributed by atoms with van der Waals surface area (Å²) in [6, 6.07) is 10.2.